The third-order valence-corrected chi connectivity index (χ3v) is 4.18. The molecule has 0 radical (unpaired) electrons. The summed E-state index contributed by atoms with van der Waals surface area (Å²) >= 11 is 0. The number of hydrogen-bond donors (Lipinski definition) is 0. The Balaban J connectivity index is 3.09. The molecular formula is C11H14F3O3P. The molecule has 0 aromatic heterocycles. The van der Waals surface area contributed by atoms with Gasteiger partial charge in [0.25, 0.3) is 0 Å². The van der Waals surface area contributed by atoms with Crippen LogP contribution in [0.3, 0.4) is 0 Å². The lowest BCUT2D eigenvalue weighted by Gasteiger charge is -2.21. The first-order chi connectivity index (χ1) is 8.44. The van der Waals surface area contributed by atoms with E-state index >= 15 is 0 Å². The zero-order valence-corrected chi connectivity index (χ0v) is 10.9. The fourth-order valence-corrected chi connectivity index (χ4v) is 3.00. The van der Waals surface area contributed by atoms with Crippen LogP contribution in [0, 0.1) is 11.6 Å². The van der Waals surface area contributed by atoms with Gasteiger partial charge in [-0.1, -0.05) is 0 Å². The van der Waals surface area contributed by atoms with Gasteiger partial charge in [-0.3, -0.25) is 4.57 Å². The Kier molecular flexibility index (Phi) is 5.38. The van der Waals surface area contributed by atoms with Gasteiger partial charge < -0.3 is 9.05 Å². The van der Waals surface area contributed by atoms with Crippen LogP contribution in [0.4, 0.5) is 13.2 Å². The molecule has 1 aromatic carbocycles. The zero-order valence-electron chi connectivity index (χ0n) is 10.0. The van der Waals surface area contributed by atoms with E-state index in [0.717, 1.165) is 12.1 Å². The van der Waals surface area contributed by atoms with Crippen molar-refractivity contribution in [3.05, 3.63) is 35.4 Å². The Labute approximate surface area is 103 Å². The van der Waals surface area contributed by atoms with Crippen LogP contribution in [-0.2, 0) is 13.6 Å². The van der Waals surface area contributed by atoms with E-state index in [-0.39, 0.29) is 13.2 Å². The van der Waals surface area contributed by atoms with Gasteiger partial charge in [-0.15, -0.1) is 0 Å². The minimum Gasteiger partial charge on any atom is -0.307 e. The molecule has 1 aromatic rings. The molecule has 1 rings (SSSR count). The third kappa shape index (κ3) is 3.34. The van der Waals surface area contributed by atoms with Crippen molar-refractivity contribution >= 4 is 7.60 Å². The summed E-state index contributed by atoms with van der Waals surface area (Å²) in [5.41, 5.74) is -0.540. The topological polar surface area (TPSA) is 35.5 Å². The van der Waals surface area contributed by atoms with Crippen molar-refractivity contribution in [1.29, 1.82) is 0 Å². The van der Waals surface area contributed by atoms with Gasteiger partial charge in [-0.2, -0.15) is 0 Å². The molecule has 0 heterocycles. The molecular weight excluding hydrogens is 268 g/mol. The molecule has 0 saturated heterocycles. The molecule has 0 aliphatic heterocycles. The van der Waals surface area contributed by atoms with Crippen molar-refractivity contribution in [2.45, 2.75) is 19.8 Å². The predicted molar refractivity (Wildman–Crippen MR) is 61.1 cm³/mol. The van der Waals surface area contributed by atoms with E-state index in [2.05, 4.69) is 0 Å². The van der Waals surface area contributed by atoms with E-state index in [9.17, 15) is 17.7 Å². The van der Waals surface area contributed by atoms with Gasteiger partial charge in [0, 0.05) is 11.6 Å². The Hall–Kier alpha value is -0.840. The maximum atomic E-state index is 14.1. The Bertz CT molecular complexity index is 443. The van der Waals surface area contributed by atoms with E-state index in [4.69, 9.17) is 9.05 Å². The van der Waals surface area contributed by atoms with Crippen molar-refractivity contribution in [1.82, 2.24) is 0 Å². The SMILES string of the molecule is CCOP(=O)(OCC)[C@H](F)c1ccc(F)cc1F. The van der Waals surface area contributed by atoms with Gasteiger partial charge in [-0.05, 0) is 26.0 Å². The van der Waals surface area contributed by atoms with E-state index in [1.807, 2.05) is 0 Å². The summed E-state index contributed by atoms with van der Waals surface area (Å²) in [5.74, 6) is -4.24. The average molecular weight is 282 g/mol. The van der Waals surface area contributed by atoms with Gasteiger partial charge in [0.15, 0.2) is 0 Å². The molecule has 102 valence electrons. The van der Waals surface area contributed by atoms with Crippen LogP contribution in [0.25, 0.3) is 0 Å². The summed E-state index contributed by atoms with van der Waals surface area (Å²) in [5, 5.41) is 0. The average Bonchev–Trinajstić information content (AvgIpc) is 2.29. The summed E-state index contributed by atoms with van der Waals surface area (Å²) in [6.45, 7) is 2.94. The standard InChI is InChI=1S/C11H14F3O3P/c1-3-16-18(15,17-4-2)11(14)9-6-5-8(12)7-10(9)13/h5-7,11H,3-4H2,1-2H3/t11-/m0/s1. The third-order valence-electron chi connectivity index (χ3n) is 2.11. The van der Waals surface area contributed by atoms with Crippen LogP contribution in [0.1, 0.15) is 25.3 Å². The first-order valence-corrected chi connectivity index (χ1v) is 7.03. The van der Waals surface area contributed by atoms with Gasteiger partial charge in [0.2, 0.25) is 5.91 Å². The minimum atomic E-state index is -4.10. The normalized spacial score (nSPS) is 13.6. The van der Waals surface area contributed by atoms with Gasteiger partial charge in [0.05, 0.1) is 13.2 Å². The molecule has 0 bridgehead atoms. The summed E-state index contributed by atoms with van der Waals surface area (Å²) in [6, 6.07) is 2.29. The first-order valence-electron chi connectivity index (χ1n) is 5.42. The highest BCUT2D eigenvalue weighted by Crippen LogP contribution is 2.61. The lowest BCUT2D eigenvalue weighted by Crippen LogP contribution is -2.05. The van der Waals surface area contributed by atoms with E-state index in [1.165, 1.54) is 13.8 Å². The number of halogens is 3. The maximum Gasteiger partial charge on any atom is 0.369 e. The molecule has 0 fully saturated rings. The summed E-state index contributed by atoms with van der Waals surface area (Å²) in [7, 11) is -4.10. The summed E-state index contributed by atoms with van der Waals surface area (Å²) in [6.07, 6.45) is 0. The largest absolute Gasteiger partial charge is 0.369 e. The zero-order chi connectivity index (χ0) is 13.8. The van der Waals surface area contributed by atoms with Gasteiger partial charge in [0.1, 0.15) is 11.6 Å². The number of benzene rings is 1. The fourth-order valence-electron chi connectivity index (χ4n) is 1.39. The second kappa shape index (κ2) is 6.36. The van der Waals surface area contributed by atoms with Crippen molar-refractivity contribution in [2.24, 2.45) is 0 Å². The highest BCUT2D eigenvalue weighted by atomic mass is 31.2. The van der Waals surface area contributed by atoms with Crippen molar-refractivity contribution in [3.63, 3.8) is 0 Å². The maximum absolute atomic E-state index is 14.1. The Morgan fingerprint density at radius 2 is 1.78 bits per heavy atom. The first kappa shape index (κ1) is 15.2. The number of rotatable bonds is 6. The number of alkyl halides is 1. The second-order valence-corrected chi connectivity index (χ2v) is 5.43. The molecule has 0 N–H and O–H groups in total. The van der Waals surface area contributed by atoms with Crippen LogP contribution in [0.2, 0.25) is 0 Å². The highest BCUT2D eigenvalue weighted by Gasteiger charge is 2.38. The summed E-state index contributed by atoms with van der Waals surface area (Å²) in [4.78, 5) is 0. The van der Waals surface area contributed by atoms with E-state index in [1.54, 1.807) is 0 Å². The smallest absolute Gasteiger partial charge is 0.307 e. The van der Waals surface area contributed by atoms with E-state index < -0.39 is 30.7 Å². The van der Waals surface area contributed by atoms with Crippen LogP contribution in [-0.4, -0.2) is 13.2 Å². The van der Waals surface area contributed by atoms with Gasteiger partial charge in [-0.25, -0.2) is 13.2 Å². The Morgan fingerprint density at radius 1 is 1.22 bits per heavy atom. The van der Waals surface area contributed by atoms with Crippen molar-refractivity contribution < 1.29 is 26.8 Å². The Morgan fingerprint density at radius 3 is 2.22 bits per heavy atom. The lowest BCUT2D eigenvalue weighted by atomic mass is 10.2. The highest BCUT2D eigenvalue weighted by molar-refractivity contribution is 7.54. The van der Waals surface area contributed by atoms with Crippen molar-refractivity contribution in [2.75, 3.05) is 13.2 Å². The molecule has 7 heteroatoms. The molecule has 0 amide bonds. The molecule has 0 spiro atoms. The monoisotopic (exact) mass is 282 g/mol. The van der Waals surface area contributed by atoms with Crippen LogP contribution in [0.5, 0.6) is 0 Å². The molecule has 18 heavy (non-hydrogen) atoms. The second-order valence-electron chi connectivity index (χ2n) is 3.38. The van der Waals surface area contributed by atoms with Crippen LogP contribution in [0.15, 0.2) is 18.2 Å². The molecule has 0 aliphatic rings. The molecule has 0 unspecified atom stereocenters. The van der Waals surface area contributed by atoms with Crippen LogP contribution >= 0.6 is 7.60 Å². The van der Waals surface area contributed by atoms with E-state index in [0.29, 0.717) is 6.07 Å². The molecule has 1 atom stereocenters. The van der Waals surface area contributed by atoms with Crippen LogP contribution < -0.4 is 0 Å². The minimum absolute atomic E-state index is 0.0412. The van der Waals surface area contributed by atoms with Crippen molar-refractivity contribution in [3.8, 4) is 0 Å². The quantitative estimate of drug-likeness (QED) is 0.733. The van der Waals surface area contributed by atoms with Gasteiger partial charge >= 0.3 is 7.60 Å². The number of hydrogen-bond acceptors (Lipinski definition) is 3. The predicted octanol–water partition coefficient (Wildman–Crippen LogP) is 4.20. The lowest BCUT2D eigenvalue weighted by molar-refractivity contribution is 0.189. The molecule has 0 aliphatic carbocycles. The molecule has 0 saturated carbocycles. The summed E-state index contributed by atoms with van der Waals surface area (Å²) < 4.78 is 61.8. The fraction of sp³-hybridized carbons (Fsp3) is 0.455. The molecule has 3 nitrogen and oxygen atoms in total.